The highest BCUT2D eigenvalue weighted by atomic mass is 32.2. The fourth-order valence-electron chi connectivity index (χ4n) is 2.44. The first kappa shape index (κ1) is 16.0. The van der Waals surface area contributed by atoms with Gasteiger partial charge in [0.05, 0.1) is 18.1 Å². The van der Waals surface area contributed by atoms with E-state index in [1.807, 2.05) is 31.0 Å². The van der Waals surface area contributed by atoms with Gasteiger partial charge in [-0.1, -0.05) is 0 Å². The minimum atomic E-state index is -2.88. The van der Waals surface area contributed by atoms with Crippen LogP contribution < -0.4 is 5.32 Å². The maximum atomic E-state index is 11.8. The Balaban J connectivity index is 1.69. The maximum absolute atomic E-state index is 11.8. The van der Waals surface area contributed by atoms with Crippen molar-refractivity contribution in [1.29, 1.82) is 0 Å². The van der Waals surface area contributed by atoms with E-state index in [0.717, 1.165) is 11.5 Å². The number of amides is 1. The predicted octanol–water partition coefficient (Wildman–Crippen LogP) is 0.713. The van der Waals surface area contributed by atoms with E-state index in [1.54, 1.807) is 0 Å². The van der Waals surface area contributed by atoms with Gasteiger partial charge < -0.3 is 14.6 Å². The molecular weight excluding hydrogens is 292 g/mol. The van der Waals surface area contributed by atoms with Crippen molar-refractivity contribution >= 4 is 15.7 Å². The number of hydrogen-bond donors (Lipinski definition) is 1. The van der Waals surface area contributed by atoms with Crippen LogP contribution in [0.3, 0.4) is 0 Å². The van der Waals surface area contributed by atoms with Crippen LogP contribution >= 0.6 is 0 Å². The van der Waals surface area contributed by atoms with Crippen molar-refractivity contribution < 1.29 is 17.6 Å². The summed E-state index contributed by atoms with van der Waals surface area (Å²) in [5.74, 6) is 1.96. The first-order valence-corrected chi connectivity index (χ1v) is 8.90. The second kappa shape index (κ2) is 6.62. The average Bonchev–Trinajstić information content (AvgIpc) is 2.99. The van der Waals surface area contributed by atoms with Crippen molar-refractivity contribution in [3.63, 3.8) is 0 Å². The minimum absolute atomic E-state index is 0.0375. The Morgan fingerprint density at radius 1 is 1.48 bits per heavy atom. The van der Waals surface area contributed by atoms with E-state index in [2.05, 4.69) is 5.32 Å². The topological polar surface area (TPSA) is 79.6 Å². The normalized spacial score (nSPS) is 20.8. The number of rotatable bonds is 6. The van der Waals surface area contributed by atoms with Gasteiger partial charge in [-0.3, -0.25) is 4.79 Å². The van der Waals surface area contributed by atoms with Crippen LogP contribution in [0.5, 0.6) is 0 Å². The Kier molecular flexibility index (Phi) is 5.05. The number of sulfone groups is 1. The predicted molar refractivity (Wildman–Crippen MR) is 79.6 cm³/mol. The molecule has 118 valence electrons. The van der Waals surface area contributed by atoms with Crippen molar-refractivity contribution in [2.24, 2.45) is 0 Å². The van der Waals surface area contributed by atoms with E-state index in [-0.39, 0.29) is 23.5 Å². The van der Waals surface area contributed by atoms with Gasteiger partial charge in [-0.05, 0) is 32.5 Å². The zero-order chi connectivity index (χ0) is 15.5. The number of carbonyl (C=O) groups is 1. The monoisotopic (exact) mass is 314 g/mol. The van der Waals surface area contributed by atoms with E-state index < -0.39 is 9.84 Å². The summed E-state index contributed by atoms with van der Waals surface area (Å²) < 4.78 is 28.2. The number of carbonyl (C=O) groups excluding carboxylic acids is 1. The highest BCUT2D eigenvalue weighted by molar-refractivity contribution is 7.91. The molecule has 0 saturated carbocycles. The van der Waals surface area contributed by atoms with Crippen molar-refractivity contribution in [2.75, 3.05) is 25.1 Å². The SMILES string of the molecule is Cc1ccc(CNC(=O)CCN(C)C2CCS(=O)(=O)C2)o1. The summed E-state index contributed by atoms with van der Waals surface area (Å²) in [4.78, 5) is 13.7. The number of furan rings is 1. The summed E-state index contributed by atoms with van der Waals surface area (Å²) in [6, 6.07) is 3.73. The summed E-state index contributed by atoms with van der Waals surface area (Å²) in [5.41, 5.74) is 0. The summed E-state index contributed by atoms with van der Waals surface area (Å²) in [7, 11) is -1.01. The van der Waals surface area contributed by atoms with E-state index >= 15 is 0 Å². The molecular formula is C14H22N2O4S. The molecule has 7 heteroatoms. The molecule has 1 aliphatic heterocycles. The van der Waals surface area contributed by atoms with Crippen LogP contribution in [-0.2, 0) is 21.2 Å². The standard InChI is InChI=1S/C14H22N2O4S/c1-11-3-4-13(20-11)9-15-14(17)5-7-16(2)12-6-8-21(18,19)10-12/h3-4,12H,5-10H2,1-2H3,(H,15,17). The smallest absolute Gasteiger partial charge is 0.221 e. The summed E-state index contributed by atoms with van der Waals surface area (Å²) >= 11 is 0. The zero-order valence-electron chi connectivity index (χ0n) is 12.5. The molecule has 2 rings (SSSR count). The van der Waals surface area contributed by atoms with Gasteiger partial charge in [0.15, 0.2) is 9.84 Å². The van der Waals surface area contributed by atoms with Gasteiger partial charge in [-0.25, -0.2) is 8.42 Å². The Hall–Kier alpha value is -1.34. The lowest BCUT2D eigenvalue weighted by Gasteiger charge is -2.22. The molecule has 6 nitrogen and oxygen atoms in total. The van der Waals surface area contributed by atoms with Gasteiger partial charge in [-0.15, -0.1) is 0 Å². The molecule has 2 heterocycles. The van der Waals surface area contributed by atoms with Gasteiger partial charge in [0.25, 0.3) is 0 Å². The molecule has 1 aromatic rings. The Morgan fingerprint density at radius 2 is 2.24 bits per heavy atom. The minimum Gasteiger partial charge on any atom is -0.465 e. The average molecular weight is 314 g/mol. The number of hydrogen-bond acceptors (Lipinski definition) is 5. The number of nitrogens with zero attached hydrogens (tertiary/aromatic N) is 1. The summed E-state index contributed by atoms with van der Waals surface area (Å²) in [6.45, 7) is 2.80. The molecule has 1 N–H and O–H groups in total. The third-order valence-corrected chi connectivity index (χ3v) is 5.53. The summed E-state index contributed by atoms with van der Waals surface area (Å²) in [6.07, 6.45) is 1.01. The molecule has 0 aliphatic carbocycles. The molecule has 1 amide bonds. The van der Waals surface area contributed by atoms with E-state index in [1.165, 1.54) is 0 Å². The fourth-order valence-corrected chi connectivity index (χ4v) is 4.24. The highest BCUT2D eigenvalue weighted by Gasteiger charge is 2.30. The van der Waals surface area contributed by atoms with Crippen LogP contribution in [0, 0.1) is 6.92 Å². The molecule has 1 aliphatic rings. The van der Waals surface area contributed by atoms with Crippen molar-refractivity contribution in [3.05, 3.63) is 23.7 Å². The molecule has 1 atom stereocenters. The zero-order valence-corrected chi connectivity index (χ0v) is 13.3. The van der Waals surface area contributed by atoms with Gasteiger partial charge in [0, 0.05) is 19.0 Å². The molecule has 21 heavy (non-hydrogen) atoms. The van der Waals surface area contributed by atoms with Crippen molar-refractivity contribution in [1.82, 2.24) is 10.2 Å². The van der Waals surface area contributed by atoms with Crippen molar-refractivity contribution in [2.45, 2.75) is 32.4 Å². The Bertz CT molecular complexity index is 594. The lowest BCUT2D eigenvalue weighted by atomic mass is 10.2. The van der Waals surface area contributed by atoms with Gasteiger partial charge in [0.1, 0.15) is 11.5 Å². The van der Waals surface area contributed by atoms with Crippen LogP contribution in [0.25, 0.3) is 0 Å². The Labute approximate surface area is 125 Å². The fraction of sp³-hybridized carbons (Fsp3) is 0.643. The second-order valence-corrected chi connectivity index (χ2v) is 7.81. The molecule has 0 spiro atoms. The first-order valence-electron chi connectivity index (χ1n) is 7.08. The van der Waals surface area contributed by atoms with Crippen LogP contribution in [0.15, 0.2) is 16.5 Å². The van der Waals surface area contributed by atoms with Crippen LogP contribution in [0.4, 0.5) is 0 Å². The molecule has 1 aromatic heterocycles. The maximum Gasteiger partial charge on any atom is 0.221 e. The van der Waals surface area contributed by atoms with E-state index in [4.69, 9.17) is 4.42 Å². The highest BCUT2D eigenvalue weighted by Crippen LogP contribution is 2.16. The van der Waals surface area contributed by atoms with Crippen LogP contribution in [-0.4, -0.2) is 50.4 Å². The molecule has 0 aromatic carbocycles. The molecule has 1 unspecified atom stereocenters. The molecule has 0 radical (unpaired) electrons. The van der Waals surface area contributed by atoms with Gasteiger partial charge >= 0.3 is 0 Å². The first-order chi connectivity index (χ1) is 9.85. The second-order valence-electron chi connectivity index (χ2n) is 5.58. The largest absolute Gasteiger partial charge is 0.465 e. The quantitative estimate of drug-likeness (QED) is 0.836. The Morgan fingerprint density at radius 3 is 2.81 bits per heavy atom. The lowest BCUT2D eigenvalue weighted by Crippen LogP contribution is -2.36. The summed E-state index contributed by atoms with van der Waals surface area (Å²) in [5, 5.41) is 2.80. The van der Waals surface area contributed by atoms with E-state index in [0.29, 0.717) is 25.9 Å². The molecule has 1 fully saturated rings. The van der Waals surface area contributed by atoms with Crippen LogP contribution in [0.2, 0.25) is 0 Å². The van der Waals surface area contributed by atoms with Gasteiger partial charge in [-0.2, -0.15) is 0 Å². The van der Waals surface area contributed by atoms with Crippen LogP contribution in [0.1, 0.15) is 24.4 Å². The van der Waals surface area contributed by atoms with E-state index in [9.17, 15) is 13.2 Å². The molecule has 1 saturated heterocycles. The lowest BCUT2D eigenvalue weighted by molar-refractivity contribution is -0.121. The third-order valence-electron chi connectivity index (χ3n) is 3.78. The van der Waals surface area contributed by atoms with Crippen molar-refractivity contribution in [3.8, 4) is 0 Å². The number of nitrogens with one attached hydrogen (secondary N) is 1. The number of aryl methyl sites for hydroxylation is 1. The van der Waals surface area contributed by atoms with Gasteiger partial charge in [0.2, 0.25) is 5.91 Å². The molecule has 0 bridgehead atoms. The third kappa shape index (κ3) is 4.86.